The normalized spacial score (nSPS) is 10.9. The second-order valence-electron chi connectivity index (χ2n) is 5.82. The maximum absolute atomic E-state index is 12.1. The summed E-state index contributed by atoms with van der Waals surface area (Å²) in [4.78, 5) is 34.4. The highest BCUT2D eigenvalue weighted by Crippen LogP contribution is 2.23. The lowest BCUT2D eigenvalue weighted by molar-refractivity contribution is -0.384. The number of non-ortho nitro benzene ring substituents is 1. The van der Waals surface area contributed by atoms with Crippen LogP contribution in [-0.2, 0) is 4.79 Å². The van der Waals surface area contributed by atoms with Gasteiger partial charge >= 0.3 is 11.9 Å². The molecule has 0 saturated heterocycles. The molecule has 0 bridgehead atoms. The van der Waals surface area contributed by atoms with Crippen molar-refractivity contribution >= 4 is 29.9 Å². The molecular weight excluding hydrogens is 390 g/mol. The van der Waals surface area contributed by atoms with E-state index in [1.807, 2.05) is 30.3 Å². The third-order valence-electron chi connectivity index (χ3n) is 3.74. The Hall–Kier alpha value is -4.53. The van der Waals surface area contributed by atoms with Crippen LogP contribution in [0.5, 0.6) is 5.75 Å². The molecule has 0 radical (unpaired) electrons. The second-order valence-corrected chi connectivity index (χ2v) is 5.82. The van der Waals surface area contributed by atoms with E-state index in [4.69, 9.17) is 9.15 Å². The maximum Gasteiger partial charge on any atom is 0.336 e. The molecule has 150 valence electrons. The van der Waals surface area contributed by atoms with Gasteiger partial charge in [-0.1, -0.05) is 30.3 Å². The summed E-state index contributed by atoms with van der Waals surface area (Å²) in [6, 6.07) is 15.8. The van der Waals surface area contributed by atoms with Crippen molar-refractivity contribution in [1.29, 1.82) is 0 Å². The molecule has 0 atom stereocenters. The summed E-state index contributed by atoms with van der Waals surface area (Å²) in [5.41, 5.74) is 2.93. The van der Waals surface area contributed by atoms with Crippen LogP contribution in [-0.4, -0.2) is 23.0 Å². The number of amides is 1. The molecule has 1 aromatic heterocycles. The number of nitrogens with zero attached hydrogens (tertiary/aromatic N) is 2. The van der Waals surface area contributed by atoms with Gasteiger partial charge in [0.25, 0.3) is 5.69 Å². The fourth-order valence-electron chi connectivity index (χ4n) is 2.34. The van der Waals surface area contributed by atoms with Gasteiger partial charge in [-0.25, -0.2) is 10.2 Å². The Kier molecular flexibility index (Phi) is 6.47. The predicted octanol–water partition coefficient (Wildman–Crippen LogP) is 3.57. The van der Waals surface area contributed by atoms with Crippen LogP contribution in [0, 0.1) is 10.1 Å². The molecule has 0 aliphatic heterocycles. The van der Waals surface area contributed by atoms with Gasteiger partial charge in [-0.15, -0.1) is 0 Å². The molecule has 1 amide bonds. The van der Waals surface area contributed by atoms with Gasteiger partial charge in [-0.2, -0.15) is 5.10 Å². The van der Waals surface area contributed by atoms with Crippen molar-refractivity contribution in [2.75, 3.05) is 0 Å². The Morgan fingerprint density at radius 3 is 2.60 bits per heavy atom. The van der Waals surface area contributed by atoms with Crippen LogP contribution in [0.3, 0.4) is 0 Å². The van der Waals surface area contributed by atoms with Crippen LogP contribution in [0.4, 0.5) is 5.69 Å². The van der Waals surface area contributed by atoms with E-state index in [1.165, 1.54) is 36.6 Å². The van der Waals surface area contributed by atoms with E-state index in [0.717, 1.165) is 11.8 Å². The van der Waals surface area contributed by atoms with Crippen molar-refractivity contribution in [2.24, 2.45) is 5.10 Å². The van der Waals surface area contributed by atoms with Gasteiger partial charge in [0.2, 0.25) is 0 Å². The Labute approximate surface area is 170 Å². The number of hydrogen-bond acceptors (Lipinski definition) is 7. The standard InChI is InChI=1S/C21H15N3O6/c25-20(11-8-15-5-2-1-3-6-15)30-18-10-9-17(24(27)28)13-16(18)14-22-23-21(26)19-7-4-12-29-19/h1-14H,(H,23,26)/b11-8+,22-14+. The smallest absolute Gasteiger partial charge is 0.336 e. The number of hydrogen-bond donors (Lipinski definition) is 1. The minimum Gasteiger partial charge on any atom is -0.459 e. The first-order chi connectivity index (χ1) is 14.5. The lowest BCUT2D eigenvalue weighted by Gasteiger charge is -2.05. The third-order valence-corrected chi connectivity index (χ3v) is 3.74. The fourth-order valence-corrected chi connectivity index (χ4v) is 2.34. The lowest BCUT2D eigenvalue weighted by atomic mass is 10.2. The lowest BCUT2D eigenvalue weighted by Crippen LogP contribution is -2.17. The van der Waals surface area contributed by atoms with Crippen molar-refractivity contribution in [3.63, 3.8) is 0 Å². The van der Waals surface area contributed by atoms with Crippen LogP contribution in [0.2, 0.25) is 0 Å². The quantitative estimate of drug-likeness (QED) is 0.160. The molecule has 0 aliphatic rings. The number of carbonyl (C=O) groups excluding carboxylic acids is 2. The first-order valence-electron chi connectivity index (χ1n) is 8.63. The molecule has 0 fully saturated rings. The molecule has 2 aromatic carbocycles. The van der Waals surface area contributed by atoms with Gasteiger partial charge in [0.05, 0.1) is 17.4 Å². The average molecular weight is 405 g/mol. The van der Waals surface area contributed by atoms with Crippen LogP contribution in [0.25, 0.3) is 6.08 Å². The van der Waals surface area contributed by atoms with Crippen molar-refractivity contribution in [3.8, 4) is 5.75 Å². The predicted molar refractivity (Wildman–Crippen MR) is 108 cm³/mol. The summed E-state index contributed by atoms with van der Waals surface area (Å²) in [5, 5.41) is 14.8. The Morgan fingerprint density at radius 2 is 1.90 bits per heavy atom. The van der Waals surface area contributed by atoms with E-state index < -0.39 is 16.8 Å². The largest absolute Gasteiger partial charge is 0.459 e. The molecule has 0 unspecified atom stereocenters. The van der Waals surface area contributed by atoms with Gasteiger partial charge < -0.3 is 9.15 Å². The number of benzene rings is 2. The molecule has 3 rings (SSSR count). The number of esters is 1. The molecular formula is C21H15N3O6. The summed E-state index contributed by atoms with van der Waals surface area (Å²) >= 11 is 0. The van der Waals surface area contributed by atoms with Gasteiger partial charge in [-0.3, -0.25) is 14.9 Å². The highest BCUT2D eigenvalue weighted by Gasteiger charge is 2.13. The average Bonchev–Trinajstić information content (AvgIpc) is 3.29. The Bertz CT molecular complexity index is 1110. The molecule has 0 saturated carbocycles. The van der Waals surface area contributed by atoms with E-state index in [0.29, 0.717) is 0 Å². The summed E-state index contributed by atoms with van der Waals surface area (Å²) in [7, 11) is 0. The minimum absolute atomic E-state index is 0.0410. The number of hydrazone groups is 1. The van der Waals surface area contributed by atoms with Crippen molar-refractivity contribution in [1.82, 2.24) is 5.43 Å². The van der Waals surface area contributed by atoms with Crippen LogP contribution in [0.15, 0.2) is 82.5 Å². The SMILES string of the molecule is O=C(/C=C/c1ccccc1)Oc1ccc([N+](=O)[O-])cc1/C=N/NC(=O)c1ccco1. The fraction of sp³-hybridized carbons (Fsp3) is 0. The first-order valence-corrected chi connectivity index (χ1v) is 8.63. The summed E-state index contributed by atoms with van der Waals surface area (Å²) in [5.74, 6) is -1.20. The van der Waals surface area contributed by atoms with E-state index in [9.17, 15) is 19.7 Å². The number of nitro benzene ring substituents is 1. The van der Waals surface area contributed by atoms with E-state index in [1.54, 1.807) is 12.1 Å². The second kappa shape index (κ2) is 9.60. The zero-order valence-corrected chi connectivity index (χ0v) is 15.4. The molecule has 30 heavy (non-hydrogen) atoms. The maximum atomic E-state index is 12.1. The zero-order valence-electron chi connectivity index (χ0n) is 15.4. The topological polar surface area (TPSA) is 124 Å². The third kappa shape index (κ3) is 5.49. The highest BCUT2D eigenvalue weighted by molar-refractivity contribution is 5.94. The van der Waals surface area contributed by atoms with Crippen molar-refractivity contribution < 1.29 is 23.7 Å². The number of carbonyl (C=O) groups is 2. The van der Waals surface area contributed by atoms with Gasteiger partial charge in [0, 0.05) is 23.8 Å². The first kappa shape index (κ1) is 20.2. The molecule has 0 spiro atoms. The van der Waals surface area contributed by atoms with Gasteiger partial charge in [0.15, 0.2) is 5.76 Å². The van der Waals surface area contributed by atoms with Gasteiger partial charge in [0.1, 0.15) is 5.75 Å². The summed E-state index contributed by atoms with van der Waals surface area (Å²) < 4.78 is 10.2. The number of nitro groups is 1. The molecule has 0 aliphatic carbocycles. The Morgan fingerprint density at radius 1 is 1.10 bits per heavy atom. The van der Waals surface area contributed by atoms with Gasteiger partial charge in [-0.05, 0) is 29.8 Å². The zero-order chi connectivity index (χ0) is 21.3. The molecule has 1 N–H and O–H groups in total. The Balaban J connectivity index is 1.75. The van der Waals surface area contributed by atoms with Crippen LogP contribution in [0.1, 0.15) is 21.7 Å². The number of rotatable bonds is 7. The highest BCUT2D eigenvalue weighted by atomic mass is 16.6. The molecule has 9 nitrogen and oxygen atoms in total. The molecule has 3 aromatic rings. The summed E-state index contributed by atoms with van der Waals surface area (Å²) in [6.45, 7) is 0. The van der Waals surface area contributed by atoms with Crippen molar-refractivity contribution in [2.45, 2.75) is 0 Å². The van der Waals surface area contributed by atoms with E-state index in [2.05, 4.69) is 10.5 Å². The summed E-state index contributed by atoms with van der Waals surface area (Å²) in [6.07, 6.45) is 5.28. The number of furan rings is 1. The van der Waals surface area contributed by atoms with E-state index >= 15 is 0 Å². The monoisotopic (exact) mass is 405 g/mol. The molecule has 9 heteroatoms. The van der Waals surface area contributed by atoms with Crippen molar-refractivity contribution in [3.05, 3.63) is 100 Å². The minimum atomic E-state index is -0.679. The van der Waals surface area contributed by atoms with Crippen LogP contribution < -0.4 is 10.2 Å². The van der Waals surface area contributed by atoms with E-state index in [-0.39, 0.29) is 22.8 Å². The number of ether oxygens (including phenoxy) is 1. The molecule has 1 heterocycles. The van der Waals surface area contributed by atoms with Crippen LogP contribution >= 0.6 is 0 Å². The number of nitrogens with one attached hydrogen (secondary N) is 1.